The fourth-order valence-corrected chi connectivity index (χ4v) is 0. The van der Waals surface area contributed by atoms with Gasteiger partial charge in [0, 0.05) is 41.9 Å². The standard InChI is InChI=1S/Ag.Se.Sn.Zn. The van der Waals surface area contributed by atoms with Crippen molar-refractivity contribution in [1.29, 1.82) is 0 Å². The first kappa shape index (κ1) is 15.9. The van der Waals surface area contributed by atoms with Gasteiger partial charge in [0.25, 0.3) is 0 Å². The van der Waals surface area contributed by atoms with Crippen molar-refractivity contribution >= 4 is 31.9 Å². The van der Waals surface area contributed by atoms with Crippen LogP contribution in [0.1, 0.15) is 0 Å². The van der Waals surface area contributed by atoms with E-state index in [4.69, 9.17) is 0 Å². The normalized spacial score (nSPS) is 1.00. The second kappa shape index (κ2) is 17.3. The van der Waals surface area contributed by atoms with E-state index in [1.807, 2.05) is 0 Å². The Hall–Kier alpha value is 2.68. The molecule has 0 aliphatic carbocycles. The summed E-state index contributed by atoms with van der Waals surface area (Å²) in [6.07, 6.45) is 0. The van der Waals surface area contributed by atoms with Crippen LogP contribution in [0.25, 0.3) is 0 Å². The quantitative estimate of drug-likeness (QED) is 0.491. The maximum Gasteiger partial charge on any atom is 0 e. The summed E-state index contributed by atoms with van der Waals surface area (Å²) in [7, 11) is 0. The van der Waals surface area contributed by atoms with Crippen LogP contribution < -0.4 is 0 Å². The predicted molar refractivity (Wildman–Crippen MR) is 11.5 cm³/mol. The molecule has 23 valence electrons. The molecule has 0 aliphatic heterocycles. The Morgan fingerprint density at radius 3 is 1.25 bits per heavy atom. The monoisotopic (exact) mass is 371 g/mol. The molecule has 0 saturated carbocycles. The van der Waals surface area contributed by atoms with Crippen molar-refractivity contribution in [2.45, 2.75) is 0 Å². The molecule has 0 fully saturated rings. The van der Waals surface area contributed by atoms with Crippen LogP contribution in [-0.4, -0.2) is 31.9 Å². The minimum atomic E-state index is 0. The Morgan fingerprint density at radius 2 is 1.25 bits per heavy atom. The molecule has 4 heteroatoms. The van der Waals surface area contributed by atoms with Crippen LogP contribution in [0.15, 0.2) is 0 Å². The topological polar surface area (TPSA) is 0 Å². The summed E-state index contributed by atoms with van der Waals surface area (Å²) in [5, 5.41) is 0. The molecule has 0 N–H and O–H groups in total. The maximum atomic E-state index is 2.72. The van der Waals surface area contributed by atoms with Gasteiger partial charge >= 0.3 is 31.9 Å². The van der Waals surface area contributed by atoms with Crippen molar-refractivity contribution in [3.63, 3.8) is 0 Å². The first-order valence-electron chi connectivity index (χ1n) is 0.204. The van der Waals surface area contributed by atoms with Crippen LogP contribution in [-0.2, 0) is 41.9 Å². The van der Waals surface area contributed by atoms with E-state index in [-0.39, 0.29) is 41.9 Å². The first-order chi connectivity index (χ1) is 1.00. The van der Waals surface area contributed by atoms with Crippen molar-refractivity contribution < 1.29 is 41.9 Å². The van der Waals surface area contributed by atoms with Crippen molar-refractivity contribution in [2.75, 3.05) is 0 Å². The molecule has 4 heavy (non-hydrogen) atoms. The van der Waals surface area contributed by atoms with Gasteiger partial charge in [0.1, 0.15) is 0 Å². The molecule has 0 aromatic rings. The van der Waals surface area contributed by atoms with E-state index in [1.165, 1.54) is 19.7 Å². The van der Waals surface area contributed by atoms with Gasteiger partial charge in [-0.25, -0.2) is 0 Å². The predicted octanol–water partition coefficient (Wildman–Crippen LogP) is -0.767. The molecule has 0 aromatic carbocycles. The van der Waals surface area contributed by atoms with E-state index in [1.54, 1.807) is 0 Å². The van der Waals surface area contributed by atoms with Crippen molar-refractivity contribution in [3.8, 4) is 0 Å². The molecule has 0 saturated heterocycles. The summed E-state index contributed by atoms with van der Waals surface area (Å²) in [5.41, 5.74) is 0. The Kier molecular flexibility index (Phi) is 68.9. The summed E-state index contributed by atoms with van der Waals surface area (Å²) < 4.78 is 0. The van der Waals surface area contributed by atoms with E-state index in [2.05, 4.69) is 12.2 Å². The Balaban J connectivity index is -0.00000000500. The molecule has 0 bridgehead atoms. The molecule has 0 aliphatic rings. The van der Waals surface area contributed by atoms with Crippen LogP contribution in [0.4, 0.5) is 0 Å². The largest absolute Gasteiger partial charge is 0 e. The Bertz CT molecular complexity index is 8.00. The maximum absolute atomic E-state index is 2.72. The summed E-state index contributed by atoms with van der Waals surface area (Å²) in [6, 6.07) is 0. The second-order valence-electron chi connectivity index (χ2n) is 0. The molecular formula is AgSeSnZn. The zero-order chi connectivity index (χ0) is 2.00. The molecule has 0 nitrogen and oxygen atoms in total. The van der Waals surface area contributed by atoms with Crippen LogP contribution >= 0.6 is 0 Å². The van der Waals surface area contributed by atoms with Gasteiger partial charge < -0.3 is 0 Å². The average Bonchev–Trinajstić information content (AvgIpc) is 1.00. The summed E-state index contributed by atoms with van der Waals surface area (Å²) in [4.78, 5) is 0. The van der Waals surface area contributed by atoms with Crippen molar-refractivity contribution in [3.05, 3.63) is 0 Å². The van der Waals surface area contributed by atoms with E-state index >= 15 is 0 Å². The van der Waals surface area contributed by atoms with E-state index in [0.717, 1.165) is 0 Å². The average molecular weight is 371 g/mol. The molecule has 0 heterocycles. The smallest absolute Gasteiger partial charge is 0 e. The van der Waals surface area contributed by atoms with E-state index in [0.29, 0.717) is 0 Å². The zero-order valence-corrected chi connectivity index (χ0v) is 10.9. The second-order valence-corrected chi connectivity index (χ2v) is 0. The third-order valence-electron chi connectivity index (χ3n) is 0. The van der Waals surface area contributed by atoms with Gasteiger partial charge in [-0.2, -0.15) is 0 Å². The van der Waals surface area contributed by atoms with Gasteiger partial charge in [0.15, 0.2) is 0 Å². The molecule has 0 spiro atoms. The molecule has 0 atom stereocenters. The van der Waals surface area contributed by atoms with Crippen LogP contribution in [0.2, 0.25) is 0 Å². The van der Waals surface area contributed by atoms with Crippen molar-refractivity contribution in [1.82, 2.24) is 0 Å². The van der Waals surface area contributed by atoms with Gasteiger partial charge in [0.2, 0.25) is 0 Å². The number of rotatable bonds is 0. The number of hydrogen-bond acceptors (Lipinski definition) is 0. The van der Waals surface area contributed by atoms with E-state index in [9.17, 15) is 0 Å². The molecule has 0 amide bonds. The molecular weight excluding hydrogens is 371 g/mol. The van der Waals surface area contributed by atoms with Gasteiger partial charge in [-0.15, -0.1) is 0 Å². The third-order valence-corrected chi connectivity index (χ3v) is 0. The van der Waals surface area contributed by atoms with Crippen molar-refractivity contribution in [2.24, 2.45) is 0 Å². The van der Waals surface area contributed by atoms with Gasteiger partial charge in [-0.3, -0.25) is 0 Å². The van der Waals surface area contributed by atoms with Gasteiger partial charge in [-0.05, 0) is 0 Å². The van der Waals surface area contributed by atoms with Crippen LogP contribution in [0, 0.1) is 0 Å². The summed E-state index contributed by atoms with van der Waals surface area (Å²) in [5.74, 6) is 0. The summed E-state index contributed by atoms with van der Waals surface area (Å²) >= 11 is 4.14. The minimum absolute atomic E-state index is 0. The van der Waals surface area contributed by atoms with E-state index < -0.39 is 0 Å². The summed E-state index contributed by atoms with van der Waals surface area (Å²) in [6.45, 7) is 0. The van der Waals surface area contributed by atoms with Gasteiger partial charge in [-0.1, -0.05) is 0 Å². The number of hydrogen-bond donors (Lipinski definition) is 0. The fourth-order valence-electron chi connectivity index (χ4n) is 0. The third kappa shape index (κ3) is 8.82. The first-order valence-corrected chi connectivity index (χ1v) is 7.12. The fraction of sp³-hybridized carbons (Fsp3) is 0. The Labute approximate surface area is 72.5 Å². The zero-order valence-electron chi connectivity index (χ0n) is 1.92. The Morgan fingerprint density at radius 1 is 1.25 bits per heavy atom. The van der Waals surface area contributed by atoms with Crippen LogP contribution in [0.5, 0.6) is 0 Å². The minimum Gasteiger partial charge on any atom is 0 e. The molecule has 3 radical (unpaired) electrons. The molecule has 0 aromatic heterocycles. The van der Waals surface area contributed by atoms with Gasteiger partial charge in [0.05, 0.1) is 0 Å². The molecule has 0 rings (SSSR count). The van der Waals surface area contributed by atoms with Crippen LogP contribution in [0.3, 0.4) is 0 Å². The SMILES string of the molecule is [Ag].[Se]=[Sn].[Zn]. The molecule has 0 unspecified atom stereocenters.